The maximum Gasteiger partial charge on any atom is 0.213 e. The van der Waals surface area contributed by atoms with Gasteiger partial charge in [-0.2, -0.15) is 0 Å². The standard InChI is InChI=1S/C14H18N2O2/c1-10(17)3-4-11-5-6-14(16-9-11)18-13-7-12(8-13)15-2/h3-6,9,12-13,15H,7-8H2,1-2H3/b4-3+. The van der Waals surface area contributed by atoms with Gasteiger partial charge in [0.1, 0.15) is 6.10 Å². The van der Waals surface area contributed by atoms with Crippen molar-refractivity contribution in [2.24, 2.45) is 0 Å². The molecule has 0 aromatic carbocycles. The van der Waals surface area contributed by atoms with Gasteiger partial charge in [-0.05, 0) is 50.6 Å². The molecule has 1 aliphatic rings. The van der Waals surface area contributed by atoms with Crippen molar-refractivity contribution in [3.63, 3.8) is 0 Å². The van der Waals surface area contributed by atoms with Gasteiger partial charge in [-0.1, -0.05) is 0 Å². The summed E-state index contributed by atoms with van der Waals surface area (Å²) < 4.78 is 5.72. The molecule has 2 rings (SSSR count). The summed E-state index contributed by atoms with van der Waals surface area (Å²) in [6.45, 7) is 1.52. The first-order valence-corrected chi connectivity index (χ1v) is 6.16. The van der Waals surface area contributed by atoms with Gasteiger partial charge in [0, 0.05) is 18.3 Å². The number of nitrogens with one attached hydrogen (secondary N) is 1. The van der Waals surface area contributed by atoms with Gasteiger partial charge in [0.25, 0.3) is 0 Å². The number of pyridine rings is 1. The van der Waals surface area contributed by atoms with E-state index < -0.39 is 0 Å². The average Bonchev–Trinajstić information content (AvgIpc) is 2.32. The van der Waals surface area contributed by atoms with E-state index in [1.165, 1.54) is 13.0 Å². The summed E-state index contributed by atoms with van der Waals surface area (Å²) in [6.07, 6.45) is 7.33. The van der Waals surface area contributed by atoms with Crippen LogP contribution in [0.1, 0.15) is 25.3 Å². The normalized spacial score (nSPS) is 22.8. The average molecular weight is 246 g/mol. The molecule has 1 heterocycles. The van der Waals surface area contributed by atoms with Crippen LogP contribution < -0.4 is 10.1 Å². The molecule has 0 unspecified atom stereocenters. The predicted molar refractivity (Wildman–Crippen MR) is 70.4 cm³/mol. The van der Waals surface area contributed by atoms with Crippen molar-refractivity contribution in [1.29, 1.82) is 0 Å². The van der Waals surface area contributed by atoms with Crippen molar-refractivity contribution < 1.29 is 9.53 Å². The lowest BCUT2D eigenvalue weighted by Crippen LogP contribution is -2.45. The zero-order valence-electron chi connectivity index (χ0n) is 10.7. The lowest BCUT2D eigenvalue weighted by Gasteiger charge is -2.34. The molecular formula is C14H18N2O2. The third-order valence-electron chi connectivity index (χ3n) is 3.06. The fraction of sp³-hybridized carbons (Fsp3) is 0.429. The Balaban J connectivity index is 1.86. The number of rotatable bonds is 5. The van der Waals surface area contributed by atoms with E-state index in [1.807, 2.05) is 19.2 Å². The number of carbonyl (C=O) groups excluding carboxylic acids is 1. The number of allylic oxidation sites excluding steroid dienone is 1. The summed E-state index contributed by atoms with van der Waals surface area (Å²) in [5, 5.41) is 3.21. The second kappa shape index (κ2) is 5.78. The number of ketones is 1. The molecule has 0 atom stereocenters. The Morgan fingerprint density at radius 2 is 2.28 bits per heavy atom. The van der Waals surface area contributed by atoms with Gasteiger partial charge in [-0.25, -0.2) is 4.98 Å². The minimum atomic E-state index is 0.0305. The van der Waals surface area contributed by atoms with Gasteiger partial charge in [0.15, 0.2) is 5.78 Å². The summed E-state index contributed by atoms with van der Waals surface area (Å²) >= 11 is 0. The SMILES string of the molecule is CNC1CC(Oc2ccc(/C=C/C(C)=O)cn2)C1. The molecule has 0 spiro atoms. The van der Waals surface area contributed by atoms with Crippen LogP contribution in [-0.4, -0.2) is 30.0 Å². The van der Waals surface area contributed by atoms with E-state index in [1.54, 1.807) is 12.3 Å². The first-order chi connectivity index (χ1) is 8.67. The van der Waals surface area contributed by atoms with Gasteiger partial charge in [0.05, 0.1) is 0 Å². The molecule has 1 aromatic heterocycles. The third-order valence-corrected chi connectivity index (χ3v) is 3.06. The quantitative estimate of drug-likeness (QED) is 0.805. The Bertz CT molecular complexity index is 434. The molecule has 0 radical (unpaired) electrons. The Labute approximate surface area is 107 Å². The number of hydrogen-bond acceptors (Lipinski definition) is 4. The van der Waals surface area contributed by atoms with E-state index in [2.05, 4.69) is 10.3 Å². The van der Waals surface area contributed by atoms with Crippen LogP contribution in [0.5, 0.6) is 5.88 Å². The number of nitrogens with zero attached hydrogens (tertiary/aromatic N) is 1. The van der Waals surface area contributed by atoms with Crippen molar-refractivity contribution in [2.45, 2.75) is 31.9 Å². The third kappa shape index (κ3) is 3.40. The molecule has 1 N–H and O–H groups in total. The molecule has 1 aliphatic carbocycles. The van der Waals surface area contributed by atoms with E-state index in [0.29, 0.717) is 11.9 Å². The second-order valence-electron chi connectivity index (χ2n) is 4.57. The Hall–Kier alpha value is -1.68. The van der Waals surface area contributed by atoms with Crippen molar-refractivity contribution >= 4 is 11.9 Å². The maximum absolute atomic E-state index is 10.8. The fourth-order valence-corrected chi connectivity index (χ4v) is 1.84. The molecule has 1 aromatic rings. The molecule has 0 saturated heterocycles. The van der Waals surface area contributed by atoms with E-state index >= 15 is 0 Å². The largest absolute Gasteiger partial charge is 0.474 e. The highest BCUT2D eigenvalue weighted by Crippen LogP contribution is 2.24. The molecule has 18 heavy (non-hydrogen) atoms. The highest BCUT2D eigenvalue weighted by molar-refractivity contribution is 5.91. The Kier molecular flexibility index (Phi) is 4.10. The van der Waals surface area contributed by atoms with Gasteiger partial charge in [0.2, 0.25) is 5.88 Å². The van der Waals surface area contributed by atoms with Crippen LogP contribution in [0.3, 0.4) is 0 Å². The highest BCUT2D eigenvalue weighted by Gasteiger charge is 2.29. The Morgan fingerprint density at radius 3 is 2.83 bits per heavy atom. The van der Waals surface area contributed by atoms with E-state index in [-0.39, 0.29) is 11.9 Å². The molecule has 4 heteroatoms. The van der Waals surface area contributed by atoms with Crippen LogP contribution in [-0.2, 0) is 4.79 Å². The van der Waals surface area contributed by atoms with Gasteiger partial charge < -0.3 is 10.1 Å². The molecule has 1 fully saturated rings. The van der Waals surface area contributed by atoms with Gasteiger partial charge >= 0.3 is 0 Å². The highest BCUT2D eigenvalue weighted by atomic mass is 16.5. The summed E-state index contributed by atoms with van der Waals surface area (Å²) in [7, 11) is 1.97. The minimum Gasteiger partial charge on any atom is -0.474 e. The van der Waals surface area contributed by atoms with Gasteiger partial charge in [-0.15, -0.1) is 0 Å². The van der Waals surface area contributed by atoms with Gasteiger partial charge in [-0.3, -0.25) is 4.79 Å². The van der Waals surface area contributed by atoms with E-state index in [0.717, 1.165) is 18.4 Å². The van der Waals surface area contributed by atoms with Crippen LogP contribution in [0.15, 0.2) is 24.4 Å². The van der Waals surface area contributed by atoms with E-state index in [9.17, 15) is 4.79 Å². The van der Waals surface area contributed by atoms with Crippen molar-refractivity contribution in [1.82, 2.24) is 10.3 Å². The Morgan fingerprint density at radius 1 is 1.50 bits per heavy atom. The first kappa shape index (κ1) is 12.8. The lowest BCUT2D eigenvalue weighted by molar-refractivity contribution is -0.112. The lowest BCUT2D eigenvalue weighted by atomic mass is 9.89. The van der Waals surface area contributed by atoms with Crippen LogP contribution in [0.25, 0.3) is 6.08 Å². The van der Waals surface area contributed by atoms with Crippen LogP contribution in [0, 0.1) is 0 Å². The summed E-state index contributed by atoms with van der Waals surface area (Å²) in [4.78, 5) is 15.0. The smallest absolute Gasteiger partial charge is 0.213 e. The first-order valence-electron chi connectivity index (χ1n) is 6.16. The summed E-state index contributed by atoms with van der Waals surface area (Å²) in [6, 6.07) is 4.32. The predicted octanol–water partition coefficient (Wildman–Crippen LogP) is 1.81. The monoisotopic (exact) mass is 246 g/mol. The summed E-state index contributed by atoms with van der Waals surface area (Å²) in [5.74, 6) is 0.678. The van der Waals surface area contributed by atoms with Crippen LogP contribution >= 0.6 is 0 Å². The number of carbonyl (C=O) groups is 1. The molecule has 0 bridgehead atoms. The summed E-state index contributed by atoms with van der Waals surface area (Å²) in [5.41, 5.74) is 0.902. The molecule has 0 aliphatic heterocycles. The molecule has 1 saturated carbocycles. The fourth-order valence-electron chi connectivity index (χ4n) is 1.84. The van der Waals surface area contributed by atoms with E-state index in [4.69, 9.17) is 4.74 Å². The molecular weight excluding hydrogens is 228 g/mol. The second-order valence-corrected chi connectivity index (χ2v) is 4.57. The molecule has 0 amide bonds. The van der Waals surface area contributed by atoms with Crippen LogP contribution in [0.4, 0.5) is 0 Å². The number of ether oxygens (including phenoxy) is 1. The van der Waals surface area contributed by atoms with Crippen molar-refractivity contribution in [3.05, 3.63) is 30.0 Å². The number of hydrogen-bond donors (Lipinski definition) is 1. The zero-order chi connectivity index (χ0) is 13.0. The molecule has 96 valence electrons. The topological polar surface area (TPSA) is 51.2 Å². The van der Waals surface area contributed by atoms with Crippen molar-refractivity contribution in [3.8, 4) is 5.88 Å². The minimum absolute atomic E-state index is 0.0305. The van der Waals surface area contributed by atoms with Crippen LogP contribution in [0.2, 0.25) is 0 Å². The number of aromatic nitrogens is 1. The van der Waals surface area contributed by atoms with Crippen molar-refractivity contribution in [2.75, 3.05) is 7.05 Å². The zero-order valence-corrected chi connectivity index (χ0v) is 10.7. The maximum atomic E-state index is 10.8. The molecule has 4 nitrogen and oxygen atoms in total.